The van der Waals surface area contributed by atoms with E-state index in [2.05, 4.69) is 19.2 Å². The summed E-state index contributed by atoms with van der Waals surface area (Å²) in [6.45, 7) is 4.64. The molecular weight excluding hydrogens is 134 g/mol. The molecular formula is C10H19N. The van der Waals surface area contributed by atoms with Crippen LogP contribution in [0.5, 0.6) is 0 Å². The van der Waals surface area contributed by atoms with Crippen molar-refractivity contribution in [3.63, 3.8) is 0 Å². The number of nitrogens with one attached hydrogen (secondary N) is 1. The van der Waals surface area contributed by atoms with E-state index < -0.39 is 0 Å². The van der Waals surface area contributed by atoms with E-state index in [0.717, 1.165) is 23.9 Å². The first-order valence-corrected chi connectivity index (χ1v) is 5.07. The summed E-state index contributed by atoms with van der Waals surface area (Å²) in [4.78, 5) is 0. The lowest BCUT2D eigenvalue weighted by Gasteiger charge is -2.16. The van der Waals surface area contributed by atoms with E-state index in [9.17, 15) is 0 Å². The molecule has 0 spiro atoms. The molecule has 0 aromatic heterocycles. The summed E-state index contributed by atoms with van der Waals surface area (Å²) in [7, 11) is 0. The van der Waals surface area contributed by atoms with Crippen LogP contribution < -0.4 is 5.32 Å². The van der Waals surface area contributed by atoms with Gasteiger partial charge in [-0.3, -0.25) is 0 Å². The minimum Gasteiger partial charge on any atom is -0.311 e. The third kappa shape index (κ3) is 1.44. The molecule has 1 aliphatic heterocycles. The quantitative estimate of drug-likeness (QED) is 0.641. The number of hydrogen-bond acceptors (Lipinski definition) is 1. The zero-order valence-electron chi connectivity index (χ0n) is 7.64. The molecule has 0 aromatic carbocycles. The van der Waals surface area contributed by atoms with E-state index in [0.29, 0.717) is 0 Å². The Labute approximate surface area is 69.6 Å². The molecule has 1 nitrogen and oxygen atoms in total. The molecule has 11 heavy (non-hydrogen) atoms. The highest BCUT2D eigenvalue weighted by molar-refractivity contribution is 4.95. The van der Waals surface area contributed by atoms with Crippen LogP contribution in [0.1, 0.15) is 39.5 Å². The highest BCUT2D eigenvalue weighted by Crippen LogP contribution is 2.43. The predicted octanol–water partition coefficient (Wildman–Crippen LogP) is 2.17. The molecule has 1 heterocycles. The van der Waals surface area contributed by atoms with Crippen LogP contribution in [0.15, 0.2) is 0 Å². The van der Waals surface area contributed by atoms with E-state index >= 15 is 0 Å². The van der Waals surface area contributed by atoms with Gasteiger partial charge in [-0.2, -0.15) is 0 Å². The Morgan fingerprint density at radius 2 is 2.09 bits per heavy atom. The summed E-state index contributed by atoms with van der Waals surface area (Å²) in [5, 5.41) is 3.67. The fourth-order valence-electron chi connectivity index (χ4n) is 2.60. The monoisotopic (exact) mass is 153 g/mol. The van der Waals surface area contributed by atoms with E-state index in [1.165, 1.54) is 25.7 Å². The molecule has 0 aromatic rings. The maximum Gasteiger partial charge on any atom is 0.00984 e. The highest BCUT2D eigenvalue weighted by atomic mass is 15.0. The van der Waals surface area contributed by atoms with Crippen LogP contribution in [0.25, 0.3) is 0 Å². The lowest BCUT2D eigenvalue weighted by atomic mass is 9.93. The minimum absolute atomic E-state index is 0.783. The highest BCUT2D eigenvalue weighted by Gasteiger charge is 2.40. The van der Waals surface area contributed by atoms with Crippen molar-refractivity contribution in [2.45, 2.75) is 51.6 Å². The molecule has 1 aliphatic carbocycles. The van der Waals surface area contributed by atoms with Gasteiger partial charge in [-0.1, -0.05) is 6.92 Å². The molecule has 3 unspecified atom stereocenters. The number of rotatable bonds is 2. The van der Waals surface area contributed by atoms with Crippen molar-refractivity contribution >= 4 is 0 Å². The van der Waals surface area contributed by atoms with Crippen molar-refractivity contribution in [1.29, 1.82) is 0 Å². The van der Waals surface area contributed by atoms with Gasteiger partial charge in [0.2, 0.25) is 0 Å². The molecule has 3 atom stereocenters. The lowest BCUT2D eigenvalue weighted by Crippen LogP contribution is -2.29. The van der Waals surface area contributed by atoms with Crippen LogP contribution >= 0.6 is 0 Å². The molecule has 0 amide bonds. The number of hydrogen-bond donors (Lipinski definition) is 1. The van der Waals surface area contributed by atoms with Gasteiger partial charge >= 0.3 is 0 Å². The van der Waals surface area contributed by atoms with Crippen LogP contribution in [0, 0.1) is 11.8 Å². The Morgan fingerprint density at radius 3 is 2.64 bits per heavy atom. The van der Waals surface area contributed by atoms with Crippen LogP contribution in [-0.4, -0.2) is 12.1 Å². The van der Waals surface area contributed by atoms with Crippen LogP contribution in [0.2, 0.25) is 0 Å². The normalized spacial score (nSPS) is 44.7. The second kappa shape index (κ2) is 2.78. The van der Waals surface area contributed by atoms with Gasteiger partial charge in [0.15, 0.2) is 0 Å². The van der Waals surface area contributed by atoms with Crippen molar-refractivity contribution in [2.24, 2.45) is 11.8 Å². The maximum atomic E-state index is 3.67. The predicted molar refractivity (Wildman–Crippen MR) is 47.5 cm³/mol. The lowest BCUT2D eigenvalue weighted by molar-refractivity contribution is 0.391. The van der Waals surface area contributed by atoms with Crippen LogP contribution in [0.4, 0.5) is 0 Å². The zero-order valence-corrected chi connectivity index (χ0v) is 7.64. The van der Waals surface area contributed by atoms with Gasteiger partial charge in [0.25, 0.3) is 0 Å². The zero-order chi connectivity index (χ0) is 7.84. The average Bonchev–Trinajstić information content (AvgIpc) is 2.75. The second-order valence-corrected chi connectivity index (χ2v) is 4.32. The van der Waals surface area contributed by atoms with Crippen molar-refractivity contribution in [1.82, 2.24) is 5.32 Å². The van der Waals surface area contributed by atoms with Gasteiger partial charge in [0.1, 0.15) is 0 Å². The molecule has 0 radical (unpaired) electrons. The molecule has 0 bridgehead atoms. The Hall–Kier alpha value is -0.0400. The smallest absolute Gasteiger partial charge is 0.00984 e. The van der Waals surface area contributed by atoms with E-state index in [1.54, 1.807) is 0 Å². The summed E-state index contributed by atoms with van der Waals surface area (Å²) in [5.74, 6) is 2.12. The van der Waals surface area contributed by atoms with Gasteiger partial charge in [-0.05, 0) is 44.4 Å². The topological polar surface area (TPSA) is 12.0 Å². The van der Waals surface area contributed by atoms with Crippen molar-refractivity contribution < 1.29 is 0 Å². The Kier molecular flexibility index (Phi) is 1.92. The first-order valence-electron chi connectivity index (χ1n) is 5.07. The van der Waals surface area contributed by atoms with Crippen molar-refractivity contribution in [3.05, 3.63) is 0 Å². The molecule has 64 valence electrons. The van der Waals surface area contributed by atoms with Crippen molar-refractivity contribution in [3.8, 4) is 0 Å². The molecule has 1 N–H and O–H groups in total. The van der Waals surface area contributed by atoms with Crippen LogP contribution in [0.3, 0.4) is 0 Å². The summed E-state index contributed by atoms with van der Waals surface area (Å²) in [6, 6.07) is 1.63. The minimum atomic E-state index is 0.783. The van der Waals surface area contributed by atoms with E-state index in [-0.39, 0.29) is 0 Å². The third-order valence-corrected chi connectivity index (χ3v) is 3.31. The first kappa shape index (κ1) is 7.60. The van der Waals surface area contributed by atoms with Gasteiger partial charge in [0.05, 0.1) is 0 Å². The largest absolute Gasteiger partial charge is 0.311 e. The summed E-state index contributed by atoms with van der Waals surface area (Å²) < 4.78 is 0. The third-order valence-electron chi connectivity index (χ3n) is 3.31. The van der Waals surface area contributed by atoms with Gasteiger partial charge in [-0.25, -0.2) is 0 Å². The molecule has 1 saturated carbocycles. The summed E-state index contributed by atoms with van der Waals surface area (Å²) in [6.07, 6.45) is 5.78. The molecule has 1 heteroatoms. The van der Waals surface area contributed by atoms with Gasteiger partial charge < -0.3 is 5.32 Å². The van der Waals surface area contributed by atoms with Gasteiger partial charge in [0, 0.05) is 12.1 Å². The second-order valence-electron chi connectivity index (χ2n) is 4.32. The molecule has 2 aliphatic rings. The fraction of sp³-hybridized carbons (Fsp3) is 1.00. The Morgan fingerprint density at radius 1 is 1.36 bits per heavy atom. The molecule has 2 rings (SSSR count). The molecule has 2 fully saturated rings. The summed E-state index contributed by atoms with van der Waals surface area (Å²) in [5.41, 5.74) is 0. The van der Waals surface area contributed by atoms with E-state index in [4.69, 9.17) is 0 Å². The van der Waals surface area contributed by atoms with Crippen LogP contribution in [-0.2, 0) is 0 Å². The van der Waals surface area contributed by atoms with Crippen molar-refractivity contribution in [2.75, 3.05) is 0 Å². The van der Waals surface area contributed by atoms with Gasteiger partial charge in [-0.15, -0.1) is 0 Å². The van der Waals surface area contributed by atoms with E-state index in [1.807, 2.05) is 0 Å². The Balaban J connectivity index is 1.95. The average molecular weight is 153 g/mol. The maximum absolute atomic E-state index is 3.67. The molecule has 1 saturated heterocycles. The standard InChI is InChI=1S/C10H19N/c1-3-10-9(8-4-5-8)6-7(2)11-10/h7-11H,3-6H2,1-2H3. The Bertz CT molecular complexity index is 140. The fourth-order valence-corrected chi connectivity index (χ4v) is 2.60. The first-order chi connectivity index (χ1) is 5.31. The summed E-state index contributed by atoms with van der Waals surface area (Å²) >= 11 is 0. The SMILES string of the molecule is CCC1NC(C)CC1C1CC1.